The van der Waals surface area contributed by atoms with Crippen LogP contribution in [0.25, 0.3) is 11.3 Å². The Balaban J connectivity index is 1.45. The Kier molecular flexibility index (Phi) is 5.93. The van der Waals surface area contributed by atoms with Gasteiger partial charge in [0.15, 0.2) is 5.82 Å². The zero-order valence-electron chi connectivity index (χ0n) is 17.9. The van der Waals surface area contributed by atoms with Crippen LogP contribution < -0.4 is 9.64 Å². The van der Waals surface area contributed by atoms with Crippen LogP contribution in [0, 0.1) is 13.8 Å². The van der Waals surface area contributed by atoms with E-state index < -0.39 is 10.0 Å². The van der Waals surface area contributed by atoms with Gasteiger partial charge in [-0.3, -0.25) is 0 Å². The fourth-order valence-corrected chi connectivity index (χ4v) is 5.32. The first-order valence-electron chi connectivity index (χ1n) is 10.2. The molecule has 1 aliphatic rings. The van der Waals surface area contributed by atoms with Gasteiger partial charge in [-0.25, -0.2) is 8.42 Å². The summed E-state index contributed by atoms with van der Waals surface area (Å²) in [7, 11) is -1.97. The summed E-state index contributed by atoms with van der Waals surface area (Å²) in [6.07, 6.45) is 0. The van der Waals surface area contributed by atoms with Crippen molar-refractivity contribution in [1.29, 1.82) is 0 Å². The van der Waals surface area contributed by atoms with E-state index in [9.17, 15) is 8.42 Å². The van der Waals surface area contributed by atoms with Gasteiger partial charge in [0.25, 0.3) is 0 Å². The highest BCUT2D eigenvalue weighted by molar-refractivity contribution is 7.89. The van der Waals surface area contributed by atoms with Crippen LogP contribution in [0.3, 0.4) is 0 Å². The monoisotopic (exact) mass is 438 g/mol. The minimum Gasteiger partial charge on any atom is -0.496 e. The van der Waals surface area contributed by atoms with Crippen molar-refractivity contribution in [1.82, 2.24) is 14.5 Å². The summed E-state index contributed by atoms with van der Waals surface area (Å²) in [6, 6.07) is 16.9. The highest BCUT2D eigenvalue weighted by Crippen LogP contribution is 2.26. The number of anilines is 1. The van der Waals surface area contributed by atoms with E-state index in [1.165, 1.54) is 4.31 Å². The Morgan fingerprint density at radius 3 is 2.23 bits per heavy atom. The molecule has 0 saturated carbocycles. The predicted molar refractivity (Wildman–Crippen MR) is 121 cm³/mol. The van der Waals surface area contributed by atoms with E-state index in [1.807, 2.05) is 37.3 Å². The van der Waals surface area contributed by atoms with E-state index in [4.69, 9.17) is 4.74 Å². The Morgan fingerprint density at radius 1 is 0.871 bits per heavy atom. The zero-order valence-corrected chi connectivity index (χ0v) is 18.8. The maximum Gasteiger partial charge on any atom is 0.243 e. The number of ether oxygens (including phenoxy) is 1. The molecule has 1 fully saturated rings. The van der Waals surface area contributed by atoms with Crippen LogP contribution in [-0.2, 0) is 10.0 Å². The standard InChI is InChI=1S/C23H26N4O3S/c1-17-6-4-5-7-20(17)21-9-11-23(25-24-21)26-12-14-27(15-13-26)31(28,29)19-8-10-22(30-3)18(2)16-19/h4-11,16H,12-15H2,1-3H3. The Morgan fingerprint density at radius 2 is 1.61 bits per heavy atom. The molecule has 31 heavy (non-hydrogen) atoms. The Labute approximate surface area is 183 Å². The fraction of sp³-hybridized carbons (Fsp3) is 0.304. The molecule has 0 bridgehead atoms. The molecule has 0 N–H and O–H groups in total. The summed E-state index contributed by atoms with van der Waals surface area (Å²) in [5.74, 6) is 1.44. The smallest absolute Gasteiger partial charge is 0.243 e. The minimum absolute atomic E-state index is 0.293. The van der Waals surface area contributed by atoms with Crippen LogP contribution in [-0.4, -0.2) is 56.2 Å². The van der Waals surface area contributed by atoms with Gasteiger partial charge in [0.05, 0.1) is 17.7 Å². The third-order valence-corrected chi connectivity index (χ3v) is 7.53. The molecule has 162 valence electrons. The summed E-state index contributed by atoms with van der Waals surface area (Å²) >= 11 is 0. The van der Waals surface area contributed by atoms with Gasteiger partial charge in [-0.1, -0.05) is 24.3 Å². The molecule has 0 unspecified atom stereocenters. The lowest BCUT2D eigenvalue weighted by molar-refractivity contribution is 0.383. The Bertz CT molecular complexity index is 1170. The number of piperazine rings is 1. The number of hydrogen-bond donors (Lipinski definition) is 0. The van der Waals surface area contributed by atoms with Crippen molar-refractivity contribution in [2.45, 2.75) is 18.7 Å². The van der Waals surface area contributed by atoms with Gasteiger partial charge in [-0.2, -0.15) is 4.31 Å². The van der Waals surface area contributed by atoms with Crippen LogP contribution in [0.2, 0.25) is 0 Å². The molecule has 4 rings (SSSR count). The summed E-state index contributed by atoms with van der Waals surface area (Å²) in [5, 5.41) is 8.78. The third-order valence-electron chi connectivity index (χ3n) is 5.64. The number of hydrogen-bond acceptors (Lipinski definition) is 6. The predicted octanol–water partition coefficient (Wildman–Crippen LogP) is 3.28. The number of rotatable bonds is 5. The van der Waals surface area contributed by atoms with Crippen LogP contribution in [0.15, 0.2) is 59.5 Å². The van der Waals surface area contributed by atoms with Crippen LogP contribution >= 0.6 is 0 Å². The maximum atomic E-state index is 13.1. The van der Waals surface area contributed by atoms with Gasteiger partial charge < -0.3 is 9.64 Å². The Hall–Kier alpha value is -2.97. The summed E-state index contributed by atoms with van der Waals surface area (Å²) in [5.41, 5.74) is 3.84. The molecule has 1 aromatic heterocycles. The number of aromatic nitrogens is 2. The van der Waals surface area contributed by atoms with Gasteiger partial charge in [0.2, 0.25) is 10.0 Å². The lowest BCUT2D eigenvalue weighted by Gasteiger charge is -2.34. The van der Waals surface area contributed by atoms with Crippen molar-refractivity contribution >= 4 is 15.8 Å². The van der Waals surface area contributed by atoms with Crippen LogP contribution in [0.5, 0.6) is 5.75 Å². The second-order valence-corrected chi connectivity index (χ2v) is 9.55. The van der Waals surface area contributed by atoms with Gasteiger partial charge >= 0.3 is 0 Å². The van der Waals surface area contributed by atoms with Crippen molar-refractivity contribution in [3.63, 3.8) is 0 Å². The van der Waals surface area contributed by atoms with E-state index in [1.54, 1.807) is 25.3 Å². The van der Waals surface area contributed by atoms with E-state index >= 15 is 0 Å². The summed E-state index contributed by atoms with van der Waals surface area (Å²) < 4.78 is 32.9. The first kappa shape index (κ1) is 21.3. The molecular weight excluding hydrogens is 412 g/mol. The van der Waals surface area contributed by atoms with E-state index in [-0.39, 0.29) is 0 Å². The molecule has 0 radical (unpaired) electrons. The number of benzene rings is 2. The molecule has 7 nitrogen and oxygen atoms in total. The average Bonchev–Trinajstić information content (AvgIpc) is 2.79. The van der Waals surface area contributed by atoms with Crippen LogP contribution in [0.4, 0.5) is 5.82 Å². The van der Waals surface area contributed by atoms with Gasteiger partial charge in [-0.15, -0.1) is 10.2 Å². The highest BCUT2D eigenvalue weighted by atomic mass is 32.2. The van der Waals surface area contributed by atoms with Gasteiger partial charge in [0.1, 0.15) is 5.75 Å². The normalized spacial score (nSPS) is 15.1. The number of nitrogens with zero attached hydrogens (tertiary/aromatic N) is 4. The first-order chi connectivity index (χ1) is 14.9. The molecule has 0 amide bonds. The number of sulfonamides is 1. The molecule has 0 atom stereocenters. The molecule has 1 saturated heterocycles. The quantitative estimate of drug-likeness (QED) is 0.609. The van der Waals surface area contributed by atoms with Crippen molar-refractivity contribution < 1.29 is 13.2 Å². The molecule has 3 aromatic rings. The summed E-state index contributed by atoms with van der Waals surface area (Å²) in [4.78, 5) is 2.36. The van der Waals surface area contributed by atoms with Crippen molar-refractivity contribution in [2.75, 3.05) is 38.2 Å². The molecule has 2 aromatic carbocycles. The maximum absolute atomic E-state index is 13.1. The topological polar surface area (TPSA) is 75.6 Å². The number of aryl methyl sites for hydroxylation is 2. The average molecular weight is 439 g/mol. The molecule has 8 heteroatoms. The van der Waals surface area contributed by atoms with Crippen LogP contribution in [0.1, 0.15) is 11.1 Å². The van der Waals surface area contributed by atoms with E-state index in [0.29, 0.717) is 36.8 Å². The molecular formula is C23H26N4O3S. The first-order valence-corrected chi connectivity index (χ1v) is 11.6. The van der Waals surface area contributed by atoms with Gasteiger partial charge in [0, 0.05) is 31.7 Å². The lowest BCUT2D eigenvalue weighted by Crippen LogP contribution is -2.49. The van der Waals surface area contributed by atoms with Gasteiger partial charge in [-0.05, 0) is 55.3 Å². The molecule has 0 aliphatic carbocycles. The van der Waals surface area contributed by atoms with Crippen molar-refractivity contribution in [2.24, 2.45) is 0 Å². The molecule has 0 spiro atoms. The molecule has 1 aliphatic heterocycles. The SMILES string of the molecule is COc1ccc(S(=O)(=O)N2CCN(c3ccc(-c4ccccc4C)nn3)CC2)cc1C. The van der Waals surface area contributed by atoms with Crippen molar-refractivity contribution in [3.05, 3.63) is 65.7 Å². The second-order valence-electron chi connectivity index (χ2n) is 7.61. The lowest BCUT2D eigenvalue weighted by atomic mass is 10.1. The van der Waals surface area contributed by atoms with E-state index in [2.05, 4.69) is 28.1 Å². The minimum atomic E-state index is -3.55. The summed E-state index contributed by atoms with van der Waals surface area (Å²) in [6.45, 7) is 5.81. The second kappa shape index (κ2) is 8.64. The largest absolute Gasteiger partial charge is 0.496 e. The molecule has 2 heterocycles. The van der Waals surface area contributed by atoms with Crippen molar-refractivity contribution in [3.8, 4) is 17.0 Å². The zero-order chi connectivity index (χ0) is 22.0. The third kappa shape index (κ3) is 4.26. The fourth-order valence-electron chi connectivity index (χ4n) is 3.82. The number of methoxy groups -OCH3 is 1. The highest BCUT2D eigenvalue weighted by Gasteiger charge is 2.29. The van der Waals surface area contributed by atoms with E-state index in [0.717, 1.165) is 28.2 Å².